The molecule has 1 atom stereocenters. The molecule has 1 amide bonds. The summed E-state index contributed by atoms with van der Waals surface area (Å²) < 4.78 is 0. The van der Waals surface area contributed by atoms with Gasteiger partial charge in [0.15, 0.2) is 11.5 Å². The number of hydrogen-bond acceptors (Lipinski definition) is 4. The Hall–Kier alpha value is -2.24. The van der Waals surface area contributed by atoms with Crippen LogP contribution >= 0.6 is 0 Å². The molecule has 0 radical (unpaired) electrons. The SMILES string of the molecule is O=C(CC1C=CCC1)Nc1nccnc1C(=O)O. The predicted octanol–water partition coefficient (Wildman–Crippen LogP) is 1.47. The highest BCUT2D eigenvalue weighted by Crippen LogP contribution is 2.21. The van der Waals surface area contributed by atoms with Crippen molar-refractivity contribution in [3.63, 3.8) is 0 Å². The maximum atomic E-state index is 11.7. The summed E-state index contributed by atoms with van der Waals surface area (Å²) in [6, 6.07) is 0. The Balaban J connectivity index is 2.02. The van der Waals surface area contributed by atoms with Crippen LogP contribution < -0.4 is 5.32 Å². The van der Waals surface area contributed by atoms with Gasteiger partial charge < -0.3 is 10.4 Å². The van der Waals surface area contributed by atoms with E-state index < -0.39 is 5.97 Å². The van der Waals surface area contributed by atoms with Crippen molar-refractivity contribution in [3.05, 3.63) is 30.2 Å². The van der Waals surface area contributed by atoms with E-state index in [2.05, 4.69) is 15.3 Å². The van der Waals surface area contributed by atoms with Crippen LogP contribution in [0.15, 0.2) is 24.5 Å². The Morgan fingerprint density at radius 1 is 1.39 bits per heavy atom. The van der Waals surface area contributed by atoms with Crippen LogP contribution in [0.5, 0.6) is 0 Å². The van der Waals surface area contributed by atoms with E-state index in [-0.39, 0.29) is 23.3 Å². The molecular weight excluding hydrogens is 234 g/mol. The molecule has 0 saturated heterocycles. The molecule has 1 aromatic rings. The van der Waals surface area contributed by atoms with Crippen molar-refractivity contribution in [2.45, 2.75) is 19.3 Å². The molecule has 0 aromatic carbocycles. The summed E-state index contributed by atoms with van der Waals surface area (Å²) >= 11 is 0. The number of aromatic carboxylic acids is 1. The zero-order valence-electron chi connectivity index (χ0n) is 9.67. The van der Waals surface area contributed by atoms with Crippen LogP contribution in [0, 0.1) is 5.92 Å². The van der Waals surface area contributed by atoms with Gasteiger partial charge >= 0.3 is 5.97 Å². The van der Waals surface area contributed by atoms with Crippen molar-refractivity contribution in [3.8, 4) is 0 Å². The third-order valence-corrected chi connectivity index (χ3v) is 2.72. The molecule has 2 N–H and O–H groups in total. The number of carboxylic acid groups (broad SMARTS) is 1. The highest BCUT2D eigenvalue weighted by Gasteiger charge is 2.18. The van der Waals surface area contributed by atoms with E-state index in [9.17, 15) is 9.59 Å². The third-order valence-electron chi connectivity index (χ3n) is 2.72. The first kappa shape index (κ1) is 12.2. The molecule has 0 saturated carbocycles. The van der Waals surface area contributed by atoms with E-state index in [1.165, 1.54) is 12.4 Å². The van der Waals surface area contributed by atoms with E-state index in [1.807, 2.05) is 12.2 Å². The van der Waals surface area contributed by atoms with Crippen LogP contribution in [0.25, 0.3) is 0 Å². The second kappa shape index (κ2) is 5.39. The fourth-order valence-electron chi connectivity index (χ4n) is 1.87. The summed E-state index contributed by atoms with van der Waals surface area (Å²) in [6.07, 6.45) is 8.96. The minimum Gasteiger partial charge on any atom is -0.476 e. The average Bonchev–Trinajstić information content (AvgIpc) is 2.82. The van der Waals surface area contributed by atoms with Gasteiger partial charge in [-0.1, -0.05) is 12.2 Å². The molecule has 18 heavy (non-hydrogen) atoms. The Labute approximate surface area is 104 Å². The second-order valence-corrected chi connectivity index (χ2v) is 4.08. The first-order valence-corrected chi connectivity index (χ1v) is 5.67. The molecule has 1 aliphatic carbocycles. The molecule has 0 aliphatic heterocycles. The van der Waals surface area contributed by atoms with E-state index in [1.54, 1.807) is 0 Å². The molecule has 6 heteroatoms. The normalized spacial score (nSPS) is 17.7. The zero-order chi connectivity index (χ0) is 13.0. The lowest BCUT2D eigenvalue weighted by molar-refractivity contribution is -0.116. The average molecular weight is 247 g/mol. The molecule has 1 aliphatic rings. The Morgan fingerprint density at radius 3 is 2.83 bits per heavy atom. The summed E-state index contributed by atoms with van der Waals surface area (Å²) in [5, 5.41) is 11.4. The third kappa shape index (κ3) is 2.91. The highest BCUT2D eigenvalue weighted by molar-refractivity contribution is 5.97. The lowest BCUT2D eigenvalue weighted by atomic mass is 10.1. The number of hydrogen-bond donors (Lipinski definition) is 2. The smallest absolute Gasteiger partial charge is 0.358 e. The zero-order valence-corrected chi connectivity index (χ0v) is 9.67. The summed E-state index contributed by atoms with van der Waals surface area (Å²) in [4.78, 5) is 30.1. The largest absolute Gasteiger partial charge is 0.476 e. The van der Waals surface area contributed by atoms with Gasteiger partial charge in [-0.3, -0.25) is 4.79 Å². The number of carbonyl (C=O) groups is 2. The predicted molar refractivity (Wildman–Crippen MR) is 64.1 cm³/mol. The maximum Gasteiger partial charge on any atom is 0.358 e. The van der Waals surface area contributed by atoms with E-state index >= 15 is 0 Å². The van der Waals surface area contributed by atoms with Crippen LogP contribution in [0.3, 0.4) is 0 Å². The Morgan fingerprint density at radius 2 is 2.17 bits per heavy atom. The molecule has 2 rings (SSSR count). The lowest BCUT2D eigenvalue weighted by Crippen LogP contribution is -2.18. The van der Waals surface area contributed by atoms with Crippen LogP contribution in [0.1, 0.15) is 29.8 Å². The monoisotopic (exact) mass is 247 g/mol. The van der Waals surface area contributed by atoms with Crippen molar-refractivity contribution >= 4 is 17.7 Å². The topological polar surface area (TPSA) is 92.2 Å². The molecule has 94 valence electrons. The standard InChI is InChI=1S/C12H13N3O3/c16-9(7-8-3-1-2-4-8)15-11-10(12(17)18)13-5-6-14-11/h1,3,5-6,8H,2,4,7H2,(H,17,18)(H,14,15,16). The molecular formula is C12H13N3O3. The van der Waals surface area contributed by atoms with Gasteiger partial charge in [0.2, 0.25) is 5.91 Å². The Kier molecular flexibility index (Phi) is 3.66. The number of allylic oxidation sites excluding steroid dienone is 2. The molecule has 0 bridgehead atoms. The fraction of sp³-hybridized carbons (Fsp3) is 0.333. The lowest BCUT2D eigenvalue weighted by Gasteiger charge is -2.09. The molecule has 1 unspecified atom stereocenters. The maximum absolute atomic E-state index is 11.7. The number of carboxylic acids is 1. The molecule has 0 spiro atoms. The van der Waals surface area contributed by atoms with Crippen molar-refractivity contribution in [2.24, 2.45) is 5.92 Å². The van der Waals surface area contributed by atoms with Gasteiger partial charge in [0.1, 0.15) is 0 Å². The van der Waals surface area contributed by atoms with Crippen LogP contribution in [0.4, 0.5) is 5.82 Å². The van der Waals surface area contributed by atoms with E-state index in [4.69, 9.17) is 5.11 Å². The van der Waals surface area contributed by atoms with Gasteiger partial charge in [-0.2, -0.15) is 0 Å². The number of anilines is 1. The Bertz CT molecular complexity index is 499. The summed E-state index contributed by atoms with van der Waals surface area (Å²) in [5.74, 6) is -1.22. The van der Waals surface area contributed by atoms with Crippen molar-refractivity contribution in [1.29, 1.82) is 0 Å². The molecule has 1 heterocycles. The van der Waals surface area contributed by atoms with Gasteiger partial charge in [-0.15, -0.1) is 0 Å². The minimum atomic E-state index is -1.21. The number of amides is 1. The molecule has 1 aromatic heterocycles. The number of nitrogens with zero attached hydrogens (tertiary/aromatic N) is 2. The highest BCUT2D eigenvalue weighted by atomic mass is 16.4. The molecule has 6 nitrogen and oxygen atoms in total. The minimum absolute atomic E-state index is 0.00280. The number of aromatic nitrogens is 2. The second-order valence-electron chi connectivity index (χ2n) is 4.08. The van der Waals surface area contributed by atoms with E-state index in [0.717, 1.165) is 12.8 Å². The fourth-order valence-corrected chi connectivity index (χ4v) is 1.87. The van der Waals surface area contributed by atoms with Gasteiger partial charge in [0, 0.05) is 18.8 Å². The molecule has 0 fully saturated rings. The number of carbonyl (C=O) groups excluding carboxylic acids is 1. The summed E-state index contributed by atoms with van der Waals surface area (Å²) in [5.41, 5.74) is -0.243. The van der Waals surface area contributed by atoms with Gasteiger partial charge in [-0.25, -0.2) is 14.8 Å². The first-order chi connectivity index (χ1) is 8.66. The summed E-state index contributed by atoms with van der Waals surface area (Å²) in [7, 11) is 0. The quantitative estimate of drug-likeness (QED) is 0.786. The summed E-state index contributed by atoms with van der Waals surface area (Å²) in [6.45, 7) is 0. The van der Waals surface area contributed by atoms with Gasteiger partial charge in [0.25, 0.3) is 0 Å². The van der Waals surface area contributed by atoms with Gasteiger partial charge in [0.05, 0.1) is 0 Å². The van der Waals surface area contributed by atoms with Crippen LogP contribution in [0.2, 0.25) is 0 Å². The number of nitrogens with one attached hydrogen (secondary N) is 1. The number of rotatable bonds is 4. The first-order valence-electron chi connectivity index (χ1n) is 5.67. The van der Waals surface area contributed by atoms with Gasteiger partial charge in [-0.05, 0) is 18.8 Å². The van der Waals surface area contributed by atoms with Crippen LogP contribution in [-0.4, -0.2) is 27.0 Å². The van der Waals surface area contributed by atoms with Crippen LogP contribution in [-0.2, 0) is 4.79 Å². The van der Waals surface area contributed by atoms with Crippen molar-refractivity contribution in [2.75, 3.05) is 5.32 Å². The van der Waals surface area contributed by atoms with Crippen molar-refractivity contribution in [1.82, 2.24) is 9.97 Å². The van der Waals surface area contributed by atoms with Crippen molar-refractivity contribution < 1.29 is 14.7 Å². The van der Waals surface area contributed by atoms with E-state index in [0.29, 0.717) is 6.42 Å².